The SMILES string of the molecule is NCc1nn2c(c1-c1cc(F)ccc1F)CCC2. The summed E-state index contributed by atoms with van der Waals surface area (Å²) in [5, 5.41) is 4.36. The fourth-order valence-electron chi connectivity index (χ4n) is 2.53. The predicted octanol–water partition coefficient (Wildman–Crippen LogP) is 2.23. The molecule has 2 aromatic rings. The maximum Gasteiger partial charge on any atom is 0.131 e. The highest BCUT2D eigenvalue weighted by molar-refractivity contribution is 5.70. The van der Waals surface area contributed by atoms with E-state index in [4.69, 9.17) is 5.73 Å². The molecule has 0 bridgehead atoms. The number of halogens is 2. The van der Waals surface area contributed by atoms with Gasteiger partial charge in [0.15, 0.2) is 0 Å². The largest absolute Gasteiger partial charge is 0.325 e. The minimum absolute atomic E-state index is 0.227. The first-order valence-electron chi connectivity index (χ1n) is 5.94. The topological polar surface area (TPSA) is 43.8 Å². The summed E-state index contributed by atoms with van der Waals surface area (Å²) >= 11 is 0. The van der Waals surface area contributed by atoms with Crippen LogP contribution in [0.25, 0.3) is 11.1 Å². The normalized spacial score (nSPS) is 13.9. The van der Waals surface area contributed by atoms with Crippen molar-refractivity contribution in [2.45, 2.75) is 25.9 Å². The molecule has 1 aromatic heterocycles. The lowest BCUT2D eigenvalue weighted by molar-refractivity contribution is 0.603. The number of hydrogen-bond donors (Lipinski definition) is 1. The van der Waals surface area contributed by atoms with Crippen molar-refractivity contribution in [1.29, 1.82) is 0 Å². The Hall–Kier alpha value is -1.75. The molecule has 0 spiro atoms. The minimum Gasteiger partial charge on any atom is -0.325 e. The van der Waals surface area contributed by atoms with E-state index in [2.05, 4.69) is 5.10 Å². The number of aromatic nitrogens is 2. The molecule has 5 heteroatoms. The lowest BCUT2D eigenvalue weighted by Crippen LogP contribution is -2.02. The van der Waals surface area contributed by atoms with Crippen LogP contribution in [-0.4, -0.2) is 9.78 Å². The van der Waals surface area contributed by atoms with Crippen molar-refractivity contribution in [3.8, 4) is 11.1 Å². The summed E-state index contributed by atoms with van der Waals surface area (Å²) < 4.78 is 29.0. The van der Waals surface area contributed by atoms with Crippen LogP contribution >= 0.6 is 0 Å². The summed E-state index contributed by atoms with van der Waals surface area (Å²) in [4.78, 5) is 0. The molecule has 1 aliphatic rings. The molecule has 1 aliphatic heterocycles. The van der Waals surface area contributed by atoms with Crippen LogP contribution in [0.2, 0.25) is 0 Å². The minimum atomic E-state index is -0.452. The zero-order valence-electron chi connectivity index (χ0n) is 9.79. The van der Waals surface area contributed by atoms with Gasteiger partial charge in [-0.1, -0.05) is 0 Å². The highest BCUT2D eigenvalue weighted by Gasteiger charge is 2.24. The van der Waals surface area contributed by atoms with Gasteiger partial charge in [-0.15, -0.1) is 0 Å². The molecule has 0 saturated carbocycles. The first-order chi connectivity index (χ1) is 8.70. The quantitative estimate of drug-likeness (QED) is 0.887. The van der Waals surface area contributed by atoms with Crippen molar-refractivity contribution in [3.05, 3.63) is 41.2 Å². The standard InChI is InChI=1S/C13H13F2N3/c14-8-3-4-10(15)9(6-8)13-11(7-16)17-18-5-1-2-12(13)18/h3-4,6H,1-2,5,7,16H2. The van der Waals surface area contributed by atoms with E-state index in [0.29, 0.717) is 11.3 Å². The molecule has 0 fully saturated rings. The van der Waals surface area contributed by atoms with Crippen molar-refractivity contribution in [3.63, 3.8) is 0 Å². The van der Waals surface area contributed by atoms with Crippen molar-refractivity contribution >= 4 is 0 Å². The summed E-state index contributed by atoms with van der Waals surface area (Å²) in [6.07, 6.45) is 1.81. The van der Waals surface area contributed by atoms with Gasteiger partial charge < -0.3 is 5.73 Å². The Morgan fingerprint density at radius 2 is 2.17 bits per heavy atom. The Balaban J connectivity index is 2.24. The summed E-state index contributed by atoms with van der Waals surface area (Å²) in [6.45, 7) is 1.05. The van der Waals surface area contributed by atoms with Gasteiger partial charge in [0.2, 0.25) is 0 Å². The van der Waals surface area contributed by atoms with E-state index in [1.165, 1.54) is 6.07 Å². The molecule has 2 N–H and O–H groups in total. The third-order valence-corrected chi connectivity index (χ3v) is 3.30. The summed E-state index contributed by atoms with van der Waals surface area (Å²) in [5.74, 6) is -0.888. The van der Waals surface area contributed by atoms with Gasteiger partial charge in [-0.05, 0) is 31.0 Å². The average Bonchev–Trinajstić information content (AvgIpc) is 2.92. The molecular formula is C13H13F2N3. The Morgan fingerprint density at radius 1 is 1.33 bits per heavy atom. The van der Waals surface area contributed by atoms with Crippen molar-refractivity contribution in [1.82, 2.24) is 9.78 Å². The van der Waals surface area contributed by atoms with Gasteiger partial charge in [-0.3, -0.25) is 4.68 Å². The third-order valence-electron chi connectivity index (χ3n) is 3.30. The molecule has 3 rings (SSSR count). The van der Waals surface area contributed by atoms with Crippen molar-refractivity contribution < 1.29 is 8.78 Å². The fourth-order valence-corrected chi connectivity index (χ4v) is 2.53. The van der Waals surface area contributed by atoms with E-state index in [0.717, 1.165) is 37.2 Å². The highest BCUT2D eigenvalue weighted by atomic mass is 19.1. The average molecular weight is 249 g/mol. The number of hydrogen-bond acceptors (Lipinski definition) is 2. The van der Waals surface area contributed by atoms with Crippen molar-refractivity contribution in [2.75, 3.05) is 0 Å². The third kappa shape index (κ3) is 1.62. The molecular weight excluding hydrogens is 236 g/mol. The molecule has 3 nitrogen and oxygen atoms in total. The van der Waals surface area contributed by atoms with Crippen LogP contribution in [0.1, 0.15) is 17.8 Å². The Kier molecular flexibility index (Phi) is 2.63. The van der Waals surface area contributed by atoms with Crippen LogP contribution in [0.15, 0.2) is 18.2 Å². The Labute approximate surface area is 103 Å². The second-order valence-corrected chi connectivity index (χ2v) is 4.42. The smallest absolute Gasteiger partial charge is 0.131 e. The lowest BCUT2D eigenvalue weighted by atomic mass is 10.0. The van der Waals surface area contributed by atoms with E-state index in [-0.39, 0.29) is 12.1 Å². The van der Waals surface area contributed by atoms with E-state index >= 15 is 0 Å². The number of nitrogens with two attached hydrogens (primary N) is 1. The molecule has 0 amide bonds. The van der Waals surface area contributed by atoms with E-state index in [1.54, 1.807) is 0 Å². The van der Waals surface area contributed by atoms with Gasteiger partial charge >= 0.3 is 0 Å². The predicted molar refractivity (Wildman–Crippen MR) is 63.8 cm³/mol. The molecule has 18 heavy (non-hydrogen) atoms. The Morgan fingerprint density at radius 3 is 2.94 bits per heavy atom. The second kappa shape index (κ2) is 4.17. The first-order valence-corrected chi connectivity index (χ1v) is 5.94. The molecule has 0 unspecified atom stereocenters. The van der Waals surface area contributed by atoms with Crippen LogP contribution < -0.4 is 5.73 Å². The maximum absolute atomic E-state index is 13.9. The van der Waals surface area contributed by atoms with Crippen molar-refractivity contribution in [2.24, 2.45) is 5.73 Å². The van der Waals surface area contributed by atoms with Crippen LogP contribution in [0, 0.1) is 11.6 Å². The summed E-state index contributed by atoms with van der Waals surface area (Å²) in [5.41, 5.74) is 8.17. The van der Waals surface area contributed by atoms with Crippen LogP contribution in [0.5, 0.6) is 0 Å². The highest BCUT2D eigenvalue weighted by Crippen LogP contribution is 2.33. The Bertz CT molecular complexity index is 605. The van der Waals surface area contributed by atoms with E-state index in [9.17, 15) is 8.78 Å². The molecule has 2 heterocycles. The summed E-state index contributed by atoms with van der Waals surface area (Å²) in [7, 11) is 0. The molecule has 0 aliphatic carbocycles. The van der Waals surface area contributed by atoms with Crippen LogP contribution in [0.3, 0.4) is 0 Å². The zero-order valence-corrected chi connectivity index (χ0v) is 9.79. The number of benzene rings is 1. The van der Waals surface area contributed by atoms with Crippen LogP contribution in [-0.2, 0) is 19.5 Å². The second-order valence-electron chi connectivity index (χ2n) is 4.42. The number of fused-ring (bicyclic) bond motifs is 1. The molecule has 0 atom stereocenters. The van der Waals surface area contributed by atoms with Gasteiger partial charge in [-0.25, -0.2) is 8.78 Å². The zero-order chi connectivity index (χ0) is 12.7. The monoisotopic (exact) mass is 249 g/mol. The number of aryl methyl sites for hydroxylation is 1. The van der Waals surface area contributed by atoms with E-state index < -0.39 is 11.6 Å². The lowest BCUT2D eigenvalue weighted by Gasteiger charge is -2.05. The van der Waals surface area contributed by atoms with Gasteiger partial charge in [0, 0.05) is 29.9 Å². The maximum atomic E-state index is 13.9. The molecule has 94 valence electrons. The van der Waals surface area contributed by atoms with E-state index in [1.807, 2.05) is 4.68 Å². The molecule has 0 radical (unpaired) electrons. The first kappa shape index (κ1) is 11.3. The number of rotatable bonds is 2. The summed E-state index contributed by atoms with van der Waals surface area (Å²) in [6, 6.07) is 3.47. The molecule has 1 aromatic carbocycles. The molecule has 0 saturated heterocycles. The van der Waals surface area contributed by atoms with Gasteiger partial charge in [0.05, 0.1) is 5.69 Å². The fraction of sp³-hybridized carbons (Fsp3) is 0.308. The van der Waals surface area contributed by atoms with Crippen LogP contribution in [0.4, 0.5) is 8.78 Å². The van der Waals surface area contributed by atoms with Gasteiger partial charge in [0.25, 0.3) is 0 Å². The van der Waals surface area contributed by atoms with Gasteiger partial charge in [-0.2, -0.15) is 5.10 Å². The number of nitrogens with zero attached hydrogens (tertiary/aromatic N) is 2. The van der Waals surface area contributed by atoms with Gasteiger partial charge in [0.1, 0.15) is 11.6 Å².